The smallest absolute Gasteiger partial charge is 0.255 e. The summed E-state index contributed by atoms with van der Waals surface area (Å²) in [6.45, 7) is 2.70. The topological polar surface area (TPSA) is 80.1 Å². The number of aromatic nitrogens is 3. The van der Waals surface area contributed by atoms with E-state index in [4.69, 9.17) is 4.98 Å². The predicted molar refractivity (Wildman–Crippen MR) is 115 cm³/mol. The van der Waals surface area contributed by atoms with Crippen molar-refractivity contribution in [3.05, 3.63) is 28.2 Å². The number of fused-ring (bicyclic) bond motifs is 1. The first-order valence-corrected chi connectivity index (χ1v) is 11.1. The van der Waals surface area contributed by atoms with Crippen LogP contribution in [0.15, 0.2) is 17.1 Å². The molecule has 2 fully saturated rings. The number of piperidine rings is 1. The third-order valence-corrected chi connectivity index (χ3v) is 6.50. The summed E-state index contributed by atoms with van der Waals surface area (Å²) in [5.74, 6) is 0.440. The van der Waals surface area contributed by atoms with Crippen molar-refractivity contribution in [1.29, 1.82) is 0 Å². The van der Waals surface area contributed by atoms with Crippen molar-refractivity contribution in [2.75, 3.05) is 24.5 Å². The van der Waals surface area contributed by atoms with Gasteiger partial charge < -0.3 is 10.2 Å². The molecule has 0 unspecified atom stereocenters. The summed E-state index contributed by atoms with van der Waals surface area (Å²) in [5.41, 5.74) is 1.58. The van der Waals surface area contributed by atoms with Gasteiger partial charge in [0.05, 0.1) is 6.54 Å². The molecule has 1 saturated carbocycles. The first-order chi connectivity index (χ1) is 14.9. The van der Waals surface area contributed by atoms with E-state index in [0.717, 1.165) is 49.5 Å². The number of pyridine rings is 1. The van der Waals surface area contributed by atoms with E-state index in [-0.39, 0.29) is 29.8 Å². The van der Waals surface area contributed by atoms with Crippen LogP contribution in [0.3, 0.4) is 0 Å². The van der Waals surface area contributed by atoms with E-state index in [1.165, 1.54) is 0 Å². The van der Waals surface area contributed by atoms with Gasteiger partial charge in [-0.1, -0.05) is 12.8 Å². The first-order valence-electron chi connectivity index (χ1n) is 11.1. The molecule has 168 valence electrons. The number of alkyl halides is 2. The van der Waals surface area contributed by atoms with Crippen molar-refractivity contribution in [3.63, 3.8) is 0 Å². The minimum atomic E-state index is -2.53. The maximum Gasteiger partial charge on any atom is 0.255 e. The monoisotopic (exact) mass is 433 g/mol. The second-order valence-electron chi connectivity index (χ2n) is 8.71. The number of amides is 1. The minimum absolute atomic E-state index is 0.00457. The largest absolute Gasteiger partial charge is 0.350 e. The van der Waals surface area contributed by atoms with E-state index in [2.05, 4.69) is 15.2 Å². The summed E-state index contributed by atoms with van der Waals surface area (Å²) < 4.78 is 26.3. The van der Waals surface area contributed by atoms with E-state index < -0.39 is 13.0 Å². The highest BCUT2D eigenvalue weighted by Gasteiger charge is 2.25. The molecule has 0 radical (unpaired) electrons. The number of carbonyl (C=O) groups is 1. The Morgan fingerprint density at radius 2 is 1.94 bits per heavy atom. The Morgan fingerprint density at radius 3 is 2.61 bits per heavy atom. The number of nitrogens with one attached hydrogen (secondary N) is 1. The van der Waals surface area contributed by atoms with Crippen LogP contribution >= 0.6 is 0 Å². The zero-order valence-electron chi connectivity index (χ0n) is 17.8. The molecule has 9 heteroatoms. The van der Waals surface area contributed by atoms with Crippen LogP contribution in [-0.4, -0.2) is 46.5 Å². The average molecular weight is 434 g/mol. The Labute approximate surface area is 179 Å². The van der Waals surface area contributed by atoms with Crippen LogP contribution in [-0.2, 0) is 4.79 Å². The molecular formula is C22H29F2N5O2. The number of hydrogen-bond donors (Lipinski definition) is 1. The van der Waals surface area contributed by atoms with Gasteiger partial charge in [-0.05, 0) is 44.1 Å². The molecule has 0 bridgehead atoms. The number of rotatable bonds is 6. The van der Waals surface area contributed by atoms with E-state index in [9.17, 15) is 18.4 Å². The Kier molecular flexibility index (Phi) is 6.48. The molecule has 4 rings (SSSR count). The third-order valence-electron chi connectivity index (χ3n) is 6.50. The SMILES string of the molecule is Cc1cc(=O)n(C2CCCC2)c2nc(N3CCC(CC(=O)NCC(F)F)CC3)ncc12. The zero-order chi connectivity index (χ0) is 22.0. The third kappa shape index (κ3) is 4.85. The predicted octanol–water partition coefficient (Wildman–Crippen LogP) is 3.20. The molecule has 0 aromatic carbocycles. The molecule has 2 aromatic rings. The summed E-state index contributed by atoms with van der Waals surface area (Å²) in [6.07, 6.45) is 5.33. The lowest BCUT2D eigenvalue weighted by atomic mass is 9.93. The van der Waals surface area contributed by atoms with Crippen LogP contribution in [0.2, 0.25) is 0 Å². The van der Waals surface area contributed by atoms with Gasteiger partial charge in [-0.25, -0.2) is 13.8 Å². The summed E-state index contributed by atoms with van der Waals surface area (Å²) in [4.78, 5) is 36.1. The van der Waals surface area contributed by atoms with Gasteiger partial charge in [-0.2, -0.15) is 4.98 Å². The van der Waals surface area contributed by atoms with Gasteiger partial charge in [0.2, 0.25) is 11.9 Å². The zero-order valence-corrected chi connectivity index (χ0v) is 17.8. The molecule has 1 N–H and O–H groups in total. The van der Waals surface area contributed by atoms with Gasteiger partial charge in [0, 0.05) is 43.2 Å². The van der Waals surface area contributed by atoms with Crippen molar-refractivity contribution in [3.8, 4) is 0 Å². The van der Waals surface area contributed by atoms with Gasteiger partial charge in [0.15, 0.2) is 0 Å². The molecule has 1 amide bonds. The second-order valence-corrected chi connectivity index (χ2v) is 8.71. The van der Waals surface area contributed by atoms with Crippen LogP contribution in [0, 0.1) is 12.8 Å². The van der Waals surface area contributed by atoms with E-state index >= 15 is 0 Å². The number of halogens is 2. The summed E-state index contributed by atoms with van der Waals surface area (Å²) in [5, 5.41) is 3.18. The van der Waals surface area contributed by atoms with Gasteiger partial charge in [-0.3, -0.25) is 14.2 Å². The van der Waals surface area contributed by atoms with Gasteiger partial charge in [-0.15, -0.1) is 0 Å². The van der Waals surface area contributed by atoms with Crippen LogP contribution in [0.25, 0.3) is 11.0 Å². The minimum Gasteiger partial charge on any atom is -0.350 e. The van der Waals surface area contributed by atoms with Crippen LogP contribution in [0.1, 0.15) is 56.6 Å². The molecule has 2 aliphatic rings. The lowest BCUT2D eigenvalue weighted by Gasteiger charge is -2.32. The average Bonchev–Trinajstić information content (AvgIpc) is 3.27. The van der Waals surface area contributed by atoms with E-state index in [0.29, 0.717) is 24.7 Å². The van der Waals surface area contributed by atoms with E-state index in [1.54, 1.807) is 6.07 Å². The van der Waals surface area contributed by atoms with Crippen molar-refractivity contribution >= 4 is 22.9 Å². The number of hydrogen-bond acceptors (Lipinski definition) is 5. The van der Waals surface area contributed by atoms with Crippen LogP contribution in [0.4, 0.5) is 14.7 Å². The van der Waals surface area contributed by atoms with E-state index in [1.807, 2.05) is 17.7 Å². The van der Waals surface area contributed by atoms with Gasteiger partial charge in [0.25, 0.3) is 12.0 Å². The molecule has 7 nitrogen and oxygen atoms in total. The first kappa shape index (κ1) is 21.6. The van der Waals surface area contributed by atoms with Gasteiger partial charge in [0.1, 0.15) is 5.65 Å². The Bertz CT molecular complexity index is 995. The highest BCUT2D eigenvalue weighted by Crippen LogP contribution is 2.31. The second kappa shape index (κ2) is 9.28. The molecule has 1 aliphatic heterocycles. The summed E-state index contributed by atoms with van der Waals surface area (Å²) in [6, 6.07) is 1.87. The maximum atomic E-state index is 12.8. The Hall–Kier alpha value is -2.58. The quantitative estimate of drug-likeness (QED) is 0.757. The molecule has 31 heavy (non-hydrogen) atoms. The molecule has 2 aromatic heterocycles. The van der Waals surface area contributed by atoms with Crippen molar-refractivity contribution < 1.29 is 13.6 Å². The number of anilines is 1. The lowest BCUT2D eigenvalue weighted by molar-refractivity contribution is -0.122. The fourth-order valence-corrected chi connectivity index (χ4v) is 4.79. The number of aryl methyl sites for hydroxylation is 1. The molecule has 0 spiro atoms. The van der Waals surface area contributed by atoms with Gasteiger partial charge >= 0.3 is 0 Å². The molecule has 1 aliphatic carbocycles. The highest BCUT2D eigenvalue weighted by molar-refractivity contribution is 5.79. The highest BCUT2D eigenvalue weighted by atomic mass is 19.3. The lowest BCUT2D eigenvalue weighted by Crippen LogP contribution is -2.37. The van der Waals surface area contributed by atoms with Crippen LogP contribution in [0.5, 0.6) is 0 Å². The maximum absolute atomic E-state index is 12.8. The normalized spacial score (nSPS) is 18.3. The molecule has 1 saturated heterocycles. The van der Waals surface area contributed by atoms with Crippen LogP contribution < -0.4 is 15.8 Å². The summed E-state index contributed by atoms with van der Waals surface area (Å²) >= 11 is 0. The van der Waals surface area contributed by atoms with Crippen molar-refractivity contribution in [2.24, 2.45) is 5.92 Å². The Morgan fingerprint density at radius 1 is 1.23 bits per heavy atom. The summed E-state index contributed by atoms with van der Waals surface area (Å²) in [7, 11) is 0. The number of carbonyl (C=O) groups excluding carboxylic acids is 1. The molecular weight excluding hydrogens is 404 g/mol. The number of nitrogens with zero attached hydrogens (tertiary/aromatic N) is 4. The van der Waals surface area contributed by atoms with Crippen molar-refractivity contribution in [2.45, 2.75) is 64.3 Å². The molecule has 3 heterocycles. The fraction of sp³-hybridized carbons (Fsp3) is 0.636. The standard InChI is InChI=1S/C22H29F2N5O2/c1-14-10-20(31)29(16-4-2-3-5-16)21-17(14)12-26-22(27-21)28-8-6-15(7-9-28)11-19(30)25-13-18(23)24/h10,12,15-16,18H,2-9,11,13H2,1H3,(H,25,30). The fourth-order valence-electron chi connectivity index (χ4n) is 4.79. The Balaban J connectivity index is 1.49. The molecule has 0 atom stereocenters. The van der Waals surface area contributed by atoms with Crippen molar-refractivity contribution in [1.82, 2.24) is 19.9 Å².